The van der Waals surface area contributed by atoms with E-state index in [9.17, 15) is 0 Å². The minimum absolute atomic E-state index is 0.679. The van der Waals surface area contributed by atoms with Gasteiger partial charge < -0.3 is 10.2 Å². The van der Waals surface area contributed by atoms with Gasteiger partial charge in [-0.05, 0) is 45.3 Å². The van der Waals surface area contributed by atoms with Crippen molar-refractivity contribution in [3.05, 3.63) is 12.7 Å². The standard InChI is InChI=1S/C14H28N2S/c1-4-11-17-12-8-15-13(3)14-6-9-16(5-2)10-7-14/h4,13-15H,1,5-12H2,2-3H3. The molecular weight excluding hydrogens is 228 g/mol. The lowest BCUT2D eigenvalue weighted by Gasteiger charge is -2.34. The second-order valence-electron chi connectivity index (χ2n) is 4.88. The van der Waals surface area contributed by atoms with Crippen molar-refractivity contribution in [2.45, 2.75) is 32.7 Å². The van der Waals surface area contributed by atoms with Gasteiger partial charge in [-0.1, -0.05) is 13.0 Å². The fraction of sp³-hybridized carbons (Fsp3) is 0.857. The zero-order valence-corrected chi connectivity index (χ0v) is 12.3. The summed E-state index contributed by atoms with van der Waals surface area (Å²) in [6.45, 7) is 13.3. The number of rotatable bonds is 8. The number of likely N-dealkylation sites (tertiary alicyclic amines) is 1. The summed E-state index contributed by atoms with van der Waals surface area (Å²) >= 11 is 1.96. The molecule has 1 atom stereocenters. The highest BCUT2D eigenvalue weighted by Crippen LogP contribution is 2.20. The van der Waals surface area contributed by atoms with Gasteiger partial charge in [-0.25, -0.2) is 0 Å². The Kier molecular flexibility index (Phi) is 7.99. The largest absolute Gasteiger partial charge is 0.313 e. The Morgan fingerprint density at radius 1 is 1.47 bits per heavy atom. The Bertz CT molecular complexity index is 200. The van der Waals surface area contributed by atoms with Crippen LogP contribution in [0, 0.1) is 5.92 Å². The maximum absolute atomic E-state index is 3.74. The first-order valence-corrected chi connectivity index (χ1v) is 8.07. The summed E-state index contributed by atoms with van der Waals surface area (Å²) in [7, 11) is 0. The van der Waals surface area contributed by atoms with Crippen LogP contribution >= 0.6 is 11.8 Å². The van der Waals surface area contributed by atoms with Crippen molar-refractivity contribution in [2.24, 2.45) is 5.92 Å². The summed E-state index contributed by atoms with van der Waals surface area (Å²) in [6, 6.07) is 0.679. The number of thioether (sulfide) groups is 1. The van der Waals surface area contributed by atoms with Gasteiger partial charge in [0.1, 0.15) is 0 Å². The van der Waals surface area contributed by atoms with Crippen LogP contribution in [0.1, 0.15) is 26.7 Å². The van der Waals surface area contributed by atoms with Gasteiger partial charge in [0.25, 0.3) is 0 Å². The quantitative estimate of drug-likeness (QED) is 0.531. The van der Waals surface area contributed by atoms with Gasteiger partial charge >= 0.3 is 0 Å². The fourth-order valence-electron chi connectivity index (χ4n) is 2.46. The van der Waals surface area contributed by atoms with Crippen molar-refractivity contribution in [1.29, 1.82) is 0 Å². The molecule has 0 amide bonds. The molecule has 1 aliphatic heterocycles. The lowest BCUT2D eigenvalue weighted by molar-refractivity contribution is 0.170. The molecule has 17 heavy (non-hydrogen) atoms. The molecular formula is C14H28N2S. The van der Waals surface area contributed by atoms with Gasteiger partial charge in [0.15, 0.2) is 0 Å². The third-order valence-corrected chi connectivity index (χ3v) is 4.70. The molecule has 3 heteroatoms. The van der Waals surface area contributed by atoms with Gasteiger partial charge in [0, 0.05) is 24.1 Å². The van der Waals surface area contributed by atoms with Crippen LogP contribution in [0.2, 0.25) is 0 Å². The third kappa shape index (κ3) is 5.94. The average molecular weight is 256 g/mol. The molecule has 0 radical (unpaired) electrons. The molecule has 1 unspecified atom stereocenters. The maximum Gasteiger partial charge on any atom is 0.0111 e. The zero-order valence-electron chi connectivity index (χ0n) is 11.5. The summed E-state index contributed by atoms with van der Waals surface area (Å²) in [5.41, 5.74) is 0. The van der Waals surface area contributed by atoms with Crippen LogP contribution < -0.4 is 5.32 Å². The van der Waals surface area contributed by atoms with E-state index in [2.05, 4.69) is 30.6 Å². The molecule has 0 spiro atoms. The fourth-order valence-corrected chi connectivity index (χ4v) is 3.06. The van der Waals surface area contributed by atoms with E-state index in [0.29, 0.717) is 6.04 Å². The molecule has 100 valence electrons. The summed E-state index contributed by atoms with van der Waals surface area (Å²) in [6.07, 6.45) is 4.71. The molecule has 1 fully saturated rings. The van der Waals surface area contributed by atoms with E-state index in [4.69, 9.17) is 0 Å². The van der Waals surface area contributed by atoms with E-state index in [0.717, 1.165) is 18.2 Å². The molecule has 2 nitrogen and oxygen atoms in total. The van der Waals surface area contributed by atoms with E-state index < -0.39 is 0 Å². The predicted octanol–water partition coefficient (Wildman–Crippen LogP) is 2.62. The van der Waals surface area contributed by atoms with Crippen LogP contribution in [0.15, 0.2) is 12.7 Å². The van der Waals surface area contributed by atoms with Crippen molar-refractivity contribution in [3.8, 4) is 0 Å². The first kappa shape index (κ1) is 15.1. The molecule has 1 rings (SSSR count). The minimum atomic E-state index is 0.679. The lowest BCUT2D eigenvalue weighted by Crippen LogP contribution is -2.42. The van der Waals surface area contributed by atoms with Gasteiger partial charge in [0.05, 0.1) is 0 Å². The van der Waals surface area contributed by atoms with Crippen LogP contribution in [-0.2, 0) is 0 Å². The first-order valence-electron chi connectivity index (χ1n) is 6.92. The number of hydrogen-bond donors (Lipinski definition) is 1. The Morgan fingerprint density at radius 2 is 2.18 bits per heavy atom. The predicted molar refractivity (Wildman–Crippen MR) is 79.8 cm³/mol. The van der Waals surface area contributed by atoms with Crippen LogP contribution in [0.4, 0.5) is 0 Å². The molecule has 0 saturated carbocycles. The van der Waals surface area contributed by atoms with Crippen molar-refractivity contribution < 1.29 is 0 Å². The van der Waals surface area contributed by atoms with Crippen LogP contribution in [0.3, 0.4) is 0 Å². The number of nitrogens with one attached hydrogen (secondary N) is 1. The highest BCUT2D eigenvalue weighted by atomic mass is 32.2. The topological polar surface area (TPSA) is 15.3 Å². The second kappa shape index (κ2) is 9.01. The molecule has 0 bridgehead atoms. The smallest absolute Gasteiger partial charge is 0.0111 e. The van der Waals surface area contributed by atoms with Gasteiger partial charge in [-0.3, -0.25) is 0 Å². The van der Waals surface area contributed by atoms with Gasteiger partial charge in [-0.2, -0.15) is 11.8 Å². The average Bonchev–Trinajstić information content (AvgIpc) is 2.38. The lowest BCUT2D eigenvalue weighted by atomic mass is 9.90. The Labute approximate surface area is 111 Å². The van der Waals surface area contributed by atoms with E-state index in [1.807, 2.05) is 17.8 Å². The Hall–Kier alpha value is 0.01000. The van der Waals surface area contributed by atoms with Crippen molar-refractivity contribution in [1.82, 2.24) is 10.2 Å². The van der Waals surface area contributed by atoms with Crippen molar-refractivity contribution in [2.75, 3.05) is 37.7 Å². The van der Waals surface area contributed by atoms with Crippen LogP contribution in [-0.4, -0.2) is 48.6 Å². The monoisotopic (exact) mass is 256 g/mol. The zero-order chi connectivity index (χ0) is 12.5. The van der Waals surface area contributed by atoms with E-state index in [1.165, 1.54) is 38.2 Å². The van der Waals surface area contributed by atoms with E-state index in [1.54, 1.807) is 0 Å². The molecule has 1 heterocycles. The highest BCUT2D eigenvalue weighted by Gasteiger charge is 2.22. The second-order valence-corrected chi connectivity index (χ2v) is 6.03. The third-order valence-electron chi connectivity index (χ3n) is 3.73. The molecule has 0 aliphatic carbocycles. The summed E-state index contributed by atoms with van der Waals surface area (Å²) in [5, 5.41) is 3.67. The number of piperidine rings is 1. The minimum Gasteiger partial charge on any atom is -0.313 e. The van der Waals surface area contributed by atoms with Crippen LogP contribution in [0.25, 0.3) is 0 Å². The molecule has 1 N–H and O–H groups in total. The van der Waals surface area contributed by atoms with E-state index in [-0.39, 0.29) is 0 Å². The molecule has 1 saturated heterocycles. The van der Waals surface area contributed by atoms with Gasteiger partial charge in [0.2, 0.25) is 0 Å². The Morgan fingerprint density at radius 3 is 2.76 bits per heavy atom. The SMILES string of the molecule is C=CCSCCNC(C)C1CCN(CC)CC1. The molecule has 0 aromatic heterocycles. The van der Waals surface area contributed by atoms with Crippen molar-refractivity contribution in [3.63, 3.8) is 0 Å². The molecule has 1 aliphatic rings. The number of nitrogens with zero attached hydrogens (tertiary/aromatic N) is 1. The van der Waals surface area contributed by atoms with Gasteiger partial charge in [-0.15, -0.1) is 6.58 Å². The molecule has 0 aromatic rings. The molecule has 0 aromatic carbocycles. The van der Waals surface area contributed by atoms with E-state index >= 15 is 0 Å². The van der Waals surface area contributed by atoms with Crippen molar-refractivity contribution >= 4 is 11.8 Å². The first-order chi connectivity index (χ1) is 8.27. The summed E-state index contributed by atoms with van der Waals surface area (Å²) in [5.74, 6) is 3.15. The Balaban J connectivity index is 2.07. The normalized spacial score (nSPS) is 20.4. The maximum atomic E-state index is 3.74. The number of hydrogen-bond acceptors (Lipinski definition) is 3. The van der Waals surface area contributed by atoms with Crippen LogP contribution in [0.5, 0.6) is 0 Å². The summed E-state index contributed by atoms with van der Waals surface area (Å²) < 4.78 is 0. The summed E-state index contributed by atoms with van der Waals surface area (Å²) in [4.78, 5) is 2.56. The highest BCUT2D eigenvalue weighted by molar-refractivity contribution is 7.99.